The summed E-state index contributed by atoms with van der Waals surface area (Å²) in [7, 11) is 1.23. The lowest BCUT2D eigenvalue weighted by atomic mass is 10.1. The summed E-state index contributed by atoms with van der Waals surface area (Å²) in [6, 6.07) is 13.8. The first-order valence-electron chi connectivity index (χ1n) is 7.23. The summed E-state index contributed by atoms with van der Waals surface area (Å²) in [5.41, 5.74) is 1.03. The highest BCUT2D eigenvalue weighted by Gasteiger charge is 2.15. The number of carbonyl (C=O) groups is 1. The summed E-state index contributed by atoms with van der Waals surface area (Å²) in [6.45, 7) is 0. The molecule has 0 saturated heterocycles. The van der Waals surface area contributed by atoms with Crippen molar-refractivity contribution in [2.24, 2.45) is 0 Å². The smallest absolute Gasteiger partial charge is 0.377 e. The van der Waals surface area contributed by atoms with Crippen molar-refractivity contribution >= 4 is 22.4 Å². The maximum absolute atomic E-state index is 12.2. The number of aromatic amines is 1. The Morgan fingerprint density at radius 1 is 1.17 bits per heavy atom. The normalized spacial score (nSPS) is 11.0. The number of hydrogen-bond acceptors (Lipinski definition) is 5. The van der Waals surface area contributed by atoms with Crippen LogP contribution in [0.1, 0.15) is 10.6 Å². The Kier molecular flexibility index (Phi) is 3.13. The maximum Gasteiger partial charge on any atom is 0.377 e. The van der Waals surface area contributed by atoms with E-state index in [2.05, 4.69) is 19.8 Å². The second kappa shape index (κ2) is 5.31. The van der Waals surface area contributed by atoms with Crippen LogP contribution in [0.3, 0.4) is 0 Å². The van der Waals surface area contributed by atoms with Gasteiger partial charge in [-0.2, -0.15) is 4.98 Å². The molecule has 0 unspecified atom stereocenters. The molecule has 4 aromatic rings. The van der Waals surface area contributed by atoms with Gasteiger partial charge < -0.3 is 9.72 Å². The van der Waals surface area contributed by atoms with E-state index in [1.54, 1.807) is 6.20 Å². The summed E-state index contributed by atoms with van der Waals surface area (Å²) < 4.78 is 5.87. The van der Waals surface area contributed by atoms with Gasteiger partial charge in [-0.3, -0.25) is 4.79 Å². The predicted molar refractivity (Wildman–Crippen MR) is 87.9 cm³/mol. The van der Waals surface area contributed by atoms with E-state index in [4.69, 9.17) is 0 Å². The number of methoxy groups -OCH3 is 1. The van der Waals surface area contributed by atoms with E-state index in [1.807, 2.05) is 42.5 Å². The molecule has 2 heterocycles. The lowest BCUT2D eigenvalue weighted by molar-refractivity contribution is 0.0587. The summed E-state index contributed by atoms with van der Waals surface area (Å²) in [4.78, 5) is 30.4. The van der Waals surface area contributed by atoms with Crippen molar-refractivity contribution in [3.05, 3.63) is 64.8 Å². The molecule has 0 atom stereocenters. The Hall–Kier alpha value is -3.48. The number of nitrogens with one attached hydrogen (secondary N) is 1. The Balaban J connectivity index is 1.89. The molecular formula is C17H12N4O3. The Morgan fingerprint density at radius 2 is 1.96 bits per heavy atom. The molecule has 0 radical (unpaired) electrons. The summed E-state index contributed by atoms with van der Waals surface area (Å²) in [6.07, 6.45) is 1.63. The summed E-state index contributed by atoms with van der Waals surface area (Å²) in [5, 5.41) is 6.17. The van der Waals surface area contributed by atoms with E-state index in [1.165, 1.54) is 11.6 Å². The van der Waals surface area contributed by atoms with E-state index in [0.29, 0.717) is 5.69 Å². The molecule has 7 nitrogen and oxygen atoms in total. The van der Waals surface area contributed by atoms with Crippen molar-refractivity contribution in [3.8, 4) is 11.3 Å². The number of carbonyl (C=O) groups excluding carboxylic acids is 1. The van der Waals surface area contributed by atoms with Crippen LogP contribution >= 0.6 is 0 Å². The van der Waals surface area contributed by atoms with Gasteiger partial charge in [-0.25, -0.2) is 9.31 Å². The predicted octanol–water partition coefficient (Wildman–Crippen LogP) is 2.02. The van der Waals surface area contributed by atoms with E-state index >= 15 is 0 Å². The minimum atomic E-state index is -0.689. The van der Waals surface area contributed by atoms with Crippen LogP contribution in [0.25, 0.3) is 27.7 Å². The second-order valence-electron chi connectivity index (χ2n) is 5.25. The first-order valence-corrected chi connectivity index (χ1v) is 7.23. The Bertz CT molecular complexity index is 1140. The molecule has 0 fully saturated rings. The van der Waals surface area contributed by atoms with Crippen LogP contribution in [0.15, 0.2) is 53.5 Å². The molecule has 0 saturated carbocycles. The zero-order valence-corrected chi connectivity index (χ0v) is 12.7. The van der Waals surface area contributed by atoms with Gasteiger partial charge in [0, 0.05) is 5.56 Å². The highest BCUT2D eigenvalue weighted by atomic mass is 16.5. The molecule has 0 amide bonds. The van der Waals surface area contributed by atoms with Crippen molar-refractivity contribution in [2.45, 2.75) is 0 Å². The average molecular weight is 320 g/mol. The molecule has 0 aliphatic carbocycles. The zero-order chi connectivity index (χ0) is 16.7. The van der Waals surface area contributed by atoms with Crippen LogP contribution in [-0.4, -0.2) is 32.7 Å². The van der Waals surface area contributed by atoms with Crippen LogP contribution in [0.4, 0.5) is 0 Å². The fourth-order valence-electron chi connectivity index (χ4n) is 2.58. The fraction of sp³-hybridized carbons (Fsp3) is 0.0588. The minimum Gasteiger partial charge on any atom is -0.463 e. The number of ether oxygens (including phenoxy) is 1. The van der Waals surface area contributed by atoms with Gasteiger partial charge >= 0.3 is 5.97 Å². The van der Waals surface area contributed by atoms with Crippen LogP contribution in [0.5, 0.6) is 0 Å². The number of aromatic nitrogens is 4. The Morgan fingerprint density at radius 3 is 2.75 bits per heavy atom. The zero-order valence-electron chi connectivity index (χ0n) is 12.7. The topological polar surface area (TPSA) is 89.3 Å². The molecule has 24 heavy (non-hydrogen) atoms. The van der Waals surface area contributed by atoms with Gasteiger partial charge in [0.15, 0.2) is 0 Å². The summed E-state index contributed by atoms with van der Waals surface area (Å²) >= 11 is 0. The van der Waals surface area contributed by atoms with Crippen molar-refractivity contribution in [1.82, 2.24) is 19.6 Å². The summed E-state index contributed by atoms with van der Waals surface area (Å²) in [5.74, 6) is -0.844. The van der Waals surface area contributed by atoms with Gasteiger partial charge in [0.2, 0.25) is 5.65 Å². The van der Waals surface area contributed by atoms with Gasteiger partial charge in [0.25, 0.3) is 11.4 Å². The van der Waals surface area contributed by atoms with Gasteiger partial charge in [-0.1, -0.05) is 36.4 Å². The van der Waals surface area contributed by atoms with Crippen LogP contribution < -0.4 is 5.56 Å². The van der Waals surface area contributed by atoms with E-state index in [9.17, 15) is 9.59 Å². The van der Waals surface area contributed by atoms with Crippen molar-refractivity contribution in [1.29, 1.82) is 0 Å². The van der Waals surface area contributed by atoms with Crippen LogP contribution in [0.2, 0.25) is 0 Å². The lowest BCUT2D eigenvalue weighted by Crippen LogP contribution is -2.11. The van der Waals surface area contributed by atoms with Crippen molar-refractivity contribution in [3.63, 3.8) is 0 Å². The highest BCUT2D eigenvalue weighted by Crippen LogP contribution is 2.22. The quantitative estimate of drug-likeness (QED) is 0.571. The highest BCUT2D eigenvalue weighted by molar-refractivity contribution is 5.87. The van der Waals surface area contributed by atoms with E-state index in [-0.39, 0.29) is 11.5 Å². The van der Waals surface area contributed by atoms with Gasteiger partial charge in [0.1, 0.15) is 0 Å². The average Bonchev–Trinajstić information content (AvgIpc) is 3.05. The Labute approximate surface area is 135 Å². The van der Waals surface area contributed by atoms with Gasteiger partial charge in [-0.15, -0.1) is 5.10 Å². The second-order valence-corrected chi connectivity index (χ2v) is 5.25. The number of rotatable bonds is 2. The minimum absolute atomic E-state index is 0.0416. The third-order valence-electron chi connectivity index (χ3n) is 3.76. The molecule has 7 heteroatoms. The van der Waals surface area contributed by atoms with Gasteiger partial charge in [-0.05, 0) is 16.8 Å². The first-order chi connectivity index (χ1) is 11.7. The standard InChI is InChI=1S/C17H12N4O3/c1-24-17(23)14-19-15-16(22)18-13(9-21(15)20-14)12-7-6-10-4-2-3-5-11(10)8-12/h2-9H,1H3,(H,18,22). The molecule has 4 rings (SSSR count). The SMILES string of the molecule is COC(=O)c1nc2c(=O)[nH]c(-c3ccc4ccccc4c3)cn2n1. The number of H-pyrrole nitrogens is 1. The molecule has 0 bridgehead atoms. The number of esters is 1. The fourth-order valence-corrected chi connectivity index (χ4v) is 2.58. The number of hydrogen-bond donors (Lipinski definition) is 1. The molecule has 0 aliphatic rings. The number of fused-ring (bicyclic) bond motifs is 2. The molecule has 0 aliphatic heterocycles. The van der Waals surface area contributed by atoms with E-state index < -0.39 is 11.5 Å². The molecule has 1 N–H and O–H groups in total. The molecule has 0 spiro atoms. The lowest BCUT2D eigenvalue weighted by Gasteiger charge is -2.04. The molecule has 118 valence electrons. The number of benzene rings is 2. The first kappa shape index (κ1) is 14.1. The van der Waals surface area contributed by atoms with Crippen LogP contribution in [-0.2, 0) is 4.74 Å². The monoisotopic (exact) mass is 320 g/mol. The maximum atomic E-state index is 12.2. The van der Waals surface area contributed by atoms with E-state index in [0.717, 1.165) is 16.3 Å². The van der Waals surface area contributed by atoms with Crippen molar-refractivity contribution in [2.75, 3.05) is 7.11 Å². The third-order valence-corrected chi connectivity index (χ3v) is 3.76. The van der Waals surface area contributed by atoms with Gasteiger partial charge in [0.05, 0.1) is 19.0 Å². The largest absolute Gasteiger partial charge is 0.463 e. The molecule has 2 aromatic carbocycles. The molecule has 2 aromatic heterocycles. The number of nitrogens with zero attached hydrogens (tertiary/aromatic N) is 3. The van der Waals surface area contributed by atoms with Crippen LogP contribution in [0, 0.1) is 0 Å². The molecular weight excluding hydrogens is 308 g/mol. The third kappa shape index (κ3) is 2.23. The van der Waals surface area contributed by atoms with Crippen molar-refractivity contribution < 1.29 is 9.53 Å².